The van der Waals surface area contributed by atoms with Crippen LogP contribution in [0, 0.1) is 5.92 Å². The third kappa shape index (κ3) is 7.13. The minimum Gasteiger partial charge on any atom is -0.276 e. The molecule has 1 aliphatic heterocycles. The zero-order valence-electron chi connectivity index (χ0n) is 15.3. The number of amides is 1. The van der Waals surface area contributed by atoms with E-state index >= 15 is 0 Å². The number of nitrogens with zero attached hydrogens (tertiary/aromatic N) is 2. The number of hydrazine groups is 1. The fourth-order valence-corrected chi connectivity index (χ4v) is 3.55. The highest BCUT2D eigenvalue weighted by molar-refractivity contribution is 5.75. The Kier molecular flexibility index (Phi) is 10.6. The van der Waals surface area contributed by atoms with Crippen LogP contribution in [0.25, 0.3) is 0 Å². The Bertz CT molecular complexity index is 293. The minimum atomic E-state index is 0.336. The minimum absolute atomic E-state index is 0.336. The molecule has 0 aliphatic carbocycles. The molecule has 1 amide bonds. The standard InChI is InChI=1S/C19H38N2O/c1-4-7-9-11-13-18-14-12-16-20(17-18)21(6-3)19(22)15-10-8-5-2/h18H,4-17H2,1-3H3. The lowest BCUT2D eigenvalue weighted by atomic mass is 9.93. The number of piperidine rings is 1. The average molecular weight is 311 g/mol. The van der Waals surface area contributed by atoms with Gasteiger partial charge in [0.2, 0.25) is 5.91 Å². The first-order valence-corrected chi connectivity index (χ1v) is 9.78. The van der Waals surface area contributed by atoms with Crippen molar-refractivity contribution in [1.82, 2.24) is 10.0 Å². The van der Waals surface area contributed by atoms with Crippen molar-refractivity contribution in [3.05, 3.63) is 0 Å². The molecule has 1 heterocycles. The molecule has 22 heavy (non-hydrogen) atoms. The molecule has 0 saturated carbocycles. The fourth-order valence-electron chi connectivity index (χ4n) is 3.55. The normalized spacial score (nSPS) is 19.3. The lowest BCUT2D eigenvalue weighted by Gasteiger charge is -2.40. The first-order chi connectivity index (χ1) is 10.7. The number of hydrogen-bond donors (Lipinski definition) is 0. The van der Waals surface area contributed by atoms with Crippen LogP contribution in [0.2, 0.25) is 0 Å². The lowest BCUT2D eigenvalue weighted by molar-refractivity contribution is -0.152. The maximum absolute atomic E-state index is 12.4. The maximum Gasteiger partial charge on any atom is 0.236 e. The smallest absolute Gasteiger partial charge is 0.236 e. The Morgan fingerprint density at radius 3 is 2.45 bits per heavy atom. The van der Waals surface area contributed by atoms with E-state index in [1.165, 1.54) is 57.8 Å². The second-order valence-electron chi connectivity index (χ2n) is 6.84. The second-order valence-corrected chi connectivity index (χ2v) is 6.84. The Hall–Kier alpha value is -0.570. The molecule has 1 atom stereocenters. The molecule has 1 rings (SSSR count). The van der Waals surface area contributed by atoms with Gasteiger partial charge in [0.1, 0.15) is 0 Å². The summed E-state index contributed by atoms with van der Waals surface area (Å²) in [5.74, 6) is 1.13. The zero-order valence-corrected chi connectivity index (χ0v) is 15.3. The van der Waals surface area contributed by atoms with Gasteiger partial charge in [-0.2, -0.15) is 0 Å². The number of carbonyl (C=O) groups excluding carboxylic acids is 1. The van der Waals surface area contributed by atoms with Gasteiger partial charge in [0, 0.05) is 26.1 Å². The van der Waals surface area contributed by atoms with Gasteiger partial charge in [-0.05, 0) is 38.5 Å². The van der Waals surface area contributed by atoms with Crippen molar-refractivity contribution in [1.29, 1.82) is 0 Å². The Balaban J connectivity index is 2.38. The molecule has 0 radical (unpaired) electrons. The van der Waals surface area contributed by atoms with E-state index in [2.05, 4.69) is 25.8 Å². The van der Waals surface area contributed by atoms with Crippen LogP contribution in [0.15, 0.2) is 0 Å². The van der Waals surface area contributed by atoms with Gasteiger partial charge in [-0.1, -0.05) is 52.4 Å². The van der Waals surface area contributed by atoms with E-state index in [1.807, 2.05) is 5.01 Å². The number of rotatable bonds is 11. The molecule has 0 bridgehead atoms. The predicted molar refractivity (Wildman–Crippen MR) is 94.6 cm³/mol. The molecule has 130 valence electrons. The van der Waals surface area contributed by atoms with Crippen molar-refractivity contribution >= 4 is 5.91 Å². The van der Waals surface area contributed by atoms with Crippen molar-refractivity contribution in [3.8, 4) is 0 Å². The average Bonchev–Trinajstić information content (AvgIpc) is 2.53. The van der Waals surface area contributed by atoms with Crippen molar-refractivity contribution in [2.75, 3.05) is 19.6 Å². The third-order valence-corrected chi connectivity index (χ3v) is 4.89. The van der Waals surface area contributed by atoms with Crippen molar-refractivity contribution in [2.24, 2.45) is 5.92 Å². The highest BCUT2D eigenvalue weighted by Crippen LogP contribution is 2.24. The predicted octanol–water partition coefficient (Wildman–Crippen LogP) is 5.01. The second kappa shape index (κ2) is 11.9. The van der Waals surface area contributed by atoms with Gasteiger partial charge in [-0.3, -0.25) is 9.80 Å². The van der Waals surface area contributed by atoms with E-state index in [0.717, 1.165) is 38.4 Å². The van der Waals surface area contributed by atoms with E-state index in [4.69, 9.17) is 0 Å². The highest BCUT2D eigenvalue weighted by atomic mass is 16.2. The first kappa shape index (κ1) is 19.5. The van der Waals surface area contributed by atoms with Crippen molar-refractivity contribution in [2.45, 2.75) is 91.4 Å². The van der Waals surface area contributed by atoms with E-state index < -0.39 is 0 Å². The van der Waals surface area contributed by atoms with Gasteiger partial charge in [-0.15, -0.1) is 0 Å². The number of unbranched alkanes of at least 4 members (excludes halogenated alkanes) is 5. The summed E-state index contributed by atoms with van der Waals surface area (Å²) in [4.78, 5) is 12.4. The summed E-state index contributed by atoms with van der Waals surface area (Å²) in [6.45, 7) is 9.57. The molecule has 1 aliphatic rings. The van der Waals surface area contributed by atoms with Crippen molar-refractivity contribution in [3.63, 3.8) is 0 Å². The molecule has 0 spiro atoms. The van der Waals surface area contributed by atoms with Crippen LogP contribution in [-0.4, -0.2) is 35.6 Å². The summed E-state index contributed by atoms with van der Waals surface area (Å²) >= 11 is 0. The summed E-state index contributed by atoms with van der Waals surface area (Å²) in [6, 6.07) is 0. The molecule has 1 unspecified atom stereocenters. The van der Waals surface area contributed by atoms with Crippen LogP contribution in [0.5, 0.6) is 0 Å². The summed E-state index contributed by atoms with van der Waals surface area (Å²) < 4.78 is 0. The molecule has 0 aromatic carbocycles. The quantitative estimate of drug-likeness (QED) is 0.501. The summed E-state index contributed by atoms with van der Waals surface area (Å²) in [6.07, 6.45) is 13.5. The zero-order chi connectivity index (χ0) is 16.2. The molecule has 0 aromatic rings. The molecule has 1 saturated heterocycles. The summed E-state index contributed by atoms with van der Waals surface area (Å²) in [5.41, 5.74) is 0. The van der Waals surface area contributed by atoms with Gasteiger partial charge >= 0.3 is 0 Å². The highest BCUT2D eigenvalue weighted by Gasteiger charge is 2.25. The molecular weight excluding hydrogens is 272 g/mol. The summed E-state index contributed by atoms with van der Waals surface area (Å²) in [7, 11) is 0. The molecule has 3 nitrogen and oxygen atoms in total. The van der Waals surface area contributed by atoms with Gasteiger partial charge in [0.15, 0.2) is 0 Å². The lowest BCUT2D eigenvalue weighted by Crippen LogP contribution is -2.50. The number of hydrogen-bond acceptors (Lipinski definition) is 2. The molecule has 1 fully saturated rings. The van der Waals surface area contributed by atoms with Gasteiger partial charge < -0.3 is 0 Å². The van der Waals surface area contributed by atoms with Crippen LogP contribution >= 0.6 is 0 Å². The van der Waals surface area contributed by atoms with Gasteiger partial charge in [0.05, 0.1) is 0 Å². The third-order valence-electron chi connectivity index (χ3n) is 4.89. The molecule has 0 aromatic heterocycles. The van der Waals surface area contributed by atoms with Crippen LogP contribution in [-0.2, 0) is 4.79 Å². The van der Waals surface area contributed by atoms with Gasteiger partial charge in [0.25, 0.3) is 0 Å². The van der Waals surface area contributed by atoms with Crippen molar-refractivity contribution < 1.29 is 4.79 Å². The molecular formula is C19H38N2O. The monoisotopic (exact) mass is 310 g/mol. The topological polar surface area (TPSA) is 23.6 Å². The van der Waals surface area contributed by atoms with Crippen LogP contribution in [0.3, 0.4) is 0 Å². The first-order valence-electron chi connectivity index (χ1n) is 9.78. The molecule has 3 heteroatoms. The molecule has 0 N–H and O–H groups in total. The Labute approximate surface area is 138 Å². The number of carbonyl (C=O) groups is 1. The Morgan fingerprint density at radius 1 is 1.05 bits per heavy atom. The van der Waals surface area contributed by atoms with E-state index in [1.54, 1.807) is 0 Å². The fraction of sp³-hybridized carbons (Fsp3) is 0.947. The largest absolute Gasteiger partial charge is 0.276 e. The van der Waals surface area contributed by atoms with Crippen LogP contribution in [0.1, 0.15) is 91.4 Å². The van der Waals surface area contributed by atoms with Gasteiger partial charge in [-0.25, -0.2) is 5.01 Å². The SMILES string of the molecule is CCCCCCC1CCCN(N(CC)C(=O)CCCCC)C1. The summed E-state index contributed by atoms with van der Waals surface area (Å²) in [5, 5.41) is 4.39. The maximum atomic E-state index is 12.4. The van der Waals surface area contributed by atoms with E-state index in [9.17, 15) is 4.79 Å². The van der Waals surface area contributed by atoms with Crippen LogP contribution < -0.4 is 0 Å². The van der Waals surface area contributed by atoms with E-state index in [-0.39, 0.29) is 0 Å². The van der Waals surface area contributed by atoms with E-state index in [0.29, 0.717) is 5.91 Å². The Morgan fingerprint density at radius 2 is 1.77 bits per heavy atom. The van der Waals surface area contributed by atoms with Crippen LogP contribution in [0.4, 0.5) is 0 Å².